The van der Waals surface area contributed by atoms with Gasteiger partial charge in [0.1, 0.15) is 0 Å². The third kappa shape index (κ3) is 13.4. The van der Waals surface area contributed by atoms with Crippen molar-refractivity contribution >= 4 is 0 Å². The van der Waals surface area contributed by atoms with Crippen molar-refractivity contribution in [3.63, 3.8) is 0 Å². The summed E-state index contributed by atoms with van der Waals surface area (Å²) in [7, 11) is 0. The molecule has 0 aromatic rings. The number of unbranched alkanes of at least 4 members (excludes halogenated alkanes) is 10. The predicted octanol–water partition coefficient (Wildman–Crippen LogP) is 3.76. The number of nitrogens with two attached hydrogens (primary N) is 1. The molecule has 0 aliphatic carbocycles. The van der Waals surface area contributed by atoms with E-state index in [1.165, 1.54) is 57.8 Å². The smallest absolute Gasteiger partial charge is 0.0621 e. The Morgan fingerprint density at radius 3 is 1.47 bits per heavy atom. The van der Waals surface area contributed by atoms with Gasteiger partial charge in [-0.25, -0.2) is 0 Å². The molecule has 0 amide bonds. The van der Waals surface area contributed by atoms with Gasteiger partial charge in [-0.3, -0.25) is 0 Å². The van der Waals surface area contributed by atoms with Gasteiger partial charge in [-0.1, -0.05) is 51.4 Å². The standard InChI is InChI=1S/C13H26N2/c14-12-10-8-6-4-2-1-3-5-7-9-11-13-15/h1-12,14H2. The van der Waals surface area contributed by atoms with Crippen LogP contribution in [0, 0.1) is 11.3 Å². The monoisotopic (exact) mass is 210 g/mol. The van der Waals surface area contributed by atoms with Crippen LogP contribution in [0.3, 0.4) is 0 Å². The largest absolute Gasteiger partial charge is 0.330 e. The molecule has 0 aromatic carbocycles. The van der Waals surface area contributed by atoms with Crippen molar-refractivity contribution in [3.05, 3.63) is 0 Å². The molecule has 0 rings (SSSR count). The molecule has 0 aromatic heterocycles. The van der Waals surface area contributed by atoms with Gasteiger partial charge in [-0.05, 0) is 19.4 Å². The Hall–Kier alpha value is -0.550. The van der Waals surface area contributed by atoms with E-state index in [0.29, 0.717) is 0 Å². The Balaban J connectivity index is 2.84. The molecule has 0 unspecified atom stereocenters. The summed E-state index contributed by atoms with van der Waals surface area (Å²) in [6.45, 7) is 0.846. The first-order valence-corrected chi connectivity index (χ1v) is 6.49. The zero-order chi connectivity index (χ0) is 11.2. The summed E-state index contributed by atoms with van der Waals surface area (Å²) < 4.78 is 0. The van der Waals surface area contributed by atoms with Gasteiger partial charge in [0, 0.05) is 6.42 Å². The molecular weight excluding hydrogens is 184 g/mol. The van der Waals surface area contributed by atoms with Crippen molar-refractivity contribution in [2.75, 3.05) is 6.54 Å². The van der Waals surface area contributed by atoms with Gasteiger partial charge in [-0.2, -0.15) is 5.26 Å². The first-order valence-electron chi connectivity index (χ1n) is 6.49. The third-order valence-corrected chi connectivity index (χ3v) is 2.74. The molecular formula is C13H26N2. The van der Waals surface area contributed by atoms with E-state index in [-0.39, 0.29) is 0 Å². The van der Waals surface area contributed by atoms with Crippen LogP contribution in [0.4, 0.5) is 0 Å². The lowest BCUT2D eigenvalue weighted by molar-refractivity contribution is 0.554. The Bertz CT molecular complexity index is 149. The number of rotatable bonds is 11. The van der Waals surface area contributed by atoms with Crippen LogP contribution in [-0.2, 0) is 0 Å². The summed E-state index contributed by atoms with van der Waals surface area (Å²) in [6, 6.07) is 2.19. The minimum Gasteiger partial charge on any atom is -0.330 e. The lowest BCUT2D eigenvalue weighted by Gasteiger charge is -2.01. The van der Waals surface area contributed by atoms with E-state index in [1.807, 2.05) is 0 Å². The molecule has 88 valence electrons. The normalized spacial score (nSPS) is 10.1. The highest BCUT2D eigenvalue weighted by Crippen LogP contribution is 2.10. The maximum atomic E-state index is 8.35. The van der Waals surface area contributed by atoms with E-state index in [4.69, 9.17) is 11.0 Å². The van der Waals surface area contributed by atoms with Gasteiger partial charge < -0.3 is 5.73 Å². The van der Waals surface area contributed by atoms with E-state index >= 15 is 0 Å². The minimum atomic E-state index is 0.735. The van der Waals surface area contributed by atoms with Crippen LogP contribution >= 0.6 is 0 Å². The molecule has 0 aliphatic rings. The number of nitriles is 1. The average molecular weight is 210 g/mol. The lowest BCUT2D eigenvalue weighted by Crippen LogP contribution is -1.97. The van der Waals surface area contributed by atoms with Crippen LogP contribution in [0.15, 0.2) is 0 Å². The summed E-state index contributed by atoms with van der Waals surface area (Å²) in [4.78, 5) is 0. The van der Waals surface area contributed by atoms with Crippen molar-refractivity contribution in [1.29, 1.82) is 5.26 Å². The van der Waals surface area contributed by atoms with Gasteiger partial charge in [0.15, 0.2) is 0 Å². The van der Waals surface area contributed by atoms with Gasteiger partial charge in [0.2, 0.25) is 0 Å². The molecule has 0 aliphatic heterocycles. The Morgan fingerprint density at radius 2 is 1.07 bits per heavy atom. The van der Waals surface area contributed by atoms with E-state index < -0.39 is 0 Å². The predicted molar refractivity (Wildman–Crippen MR) is 65.5 cm³/mol. The Kier molecular flexibility index (Phi) is 13.0. The minimum absolute atomic E-state index is 0.735. The second-order valence-corrected chi connectivity index (χ2v) is 4.23. The lowest BCUT2D eigenvalue weighted by atomic mass is 10.1. The average Bonchev–Trinajstić information content (AvgIpc) is 2.26. The molecule has 0 saturated heterocycles. The second kappa shape index (κ2) is 13.4. The summed E-state index contributed by atoms with van der Waals surface area (Å²) in [5.74, 6) is 0. The van der Waals surface area contributed by atoms with Crippen LogP contribution in [0.2, 0.25) is 0 Å². The van der Waals surface area contributed by atoms with E-state index in [2.05, 4.69) is 6.07 Å². The highest BCUT2D eigenvalue weighted by Gasteiger charge is 1.92. The fourth-order valence-corrected chi connectivity index (χ4v) is 1.76. The molecule has 2 nitrogen and oxygen atoms in total. The zero-order valence-corrected chi connectivity index (χ0v) is 10.0. The Labute approximate surface area is 94.9 Å². The molecule has 0 heterocycles. The fraction of sp³-hybridized carbons (Fsp3) is 0.923. The van der Waals surface area contributed by atoms with Crippen LogP contribution in [0.1, 0.15) is 70.6 Å². The van der Waals surface area contributed by atoms with Crippen molar-refractivity contribution in [1.82, 2.24) is 0 Å². The van der Waals surface area contributed by atoms with Crippen molar-refractivity contribution in [2.45, 2.75) is 70.6 Å². The number of hydrogen-bond acceptors (Lipinski definition) is 2. The molecule has 0 atom stereocenters. The molecule has 2 N–H and O–H groups in total. The van der Waals surface area contributed by atoms with Crippen molar-refractivity contribution in [2.24, 2.45) is 5.73 Å². The number of hydrogen-bond donors (Lipinski definition) is 1. The summed E-state index contributed by atoms with van der Waals surface area (Å²) >= 11 is 0. The molecule has 0 bridgehead atoms. The van der Waals surface area contributed by atoms with E-state index in [0.717, 1.165) is 19.4 Å². The SMILES string of the molecule is N#CCCCCCCCCCCCCN. The maximum Gasteiger partial charge on any atom is 0.0621 e. The van der Waals surface area contributed by atoms with Gasteiger partial charge in [0.05, 0.1) is 6.07 Å². The first-order chi connectivity index (χ1) is 7.41. The summed E-state index contributed by atoms with van der Waals surface area (Å²) in [6.07, 6.45) is 13.7. The van der Waals surface area contributed by atoms with Crippen molar-refractivity contribution < 1.29 is 0 Å². The highest BCUT2D eigenvalue weighted by atomic mass is 14.5. The summed E-state index contributed by atoms with van der Waals surface area (Å²) in [5.41, 5.74) is 5.43. The van der Waals surface area contributed by atoms with Crippen LogP contribution in [-0.4, -0.2) is 6.54 Å². The molecule has 0 fully saturated rings. The van der Waals surface area contributed by atoms with Gasteiger partial charge in [0.25, 0.3) is 0 Å². The summed E-state index contributed by atoms with van der Waals surface area (Å²) in [5, 5.41) is 8.35. The second-order valence-electron chi connectivity index (χ2n) is 4.23. The molecule has 2 heteroatoms. The molecule has 0 saturated carbocycles. The number of nitrogens with zero attached hydrogens (tertiary/aromatic N) is 1. The molecule has 0 radical (unpaired) electrons. The van der Waals surface area contributed by atoms with E-state index in [1.54, 1.807) is 0 Å². The first kappa shape index (κ1) is 14.5. The van der Waals surface area contributed by atoms with Crippen LogP contribution < -0.4 is 5.73 Å². The van der Waals surface area contributed by atoms with Crippen molar-refractivity contribution in [3.8, 4) is 6.07 Å². The highest BCUT2D eigenvalue weighted by molar-refractivity contribution is 4.67. The Morgan fingerprint density at radius 1 is 0.667 bits per heavy atom. The van der Waals surface area contributed by atoms with Crippen LogP contribution in [0.25, 0.3) is 0 Å². The zero-order valence-electron chi connectivity index (χ0n) is 10.0. The van der Waals surface area contributed by atoms with Gasteiger partial charge in [-0.15, -0.1) is 0 Å². The molecule has 0 spiro atoms. The fourth-order valence-electron chi connectivity index (χ4n) is 1.76. The topological polar surface area (TPSA) is 49.8 Å². The third-order valence-electron chi connectivity index (χ3n) is 2.74. The van der Waals surface area contributed by atoms with Crippen LogP contribution in [0.5, 0.6) is 0 Å². The molecule has 15 heavy (non-hydrogen) atoms. The van der Waals surface area contributed by atoms with E-state index in [9.17, 15) is 0 Å². The maximum absolute atomic E-state index is 8.35. The quantitative estimate of drug-likeness (QED) is 0.528. The van der Waals surface area contributed by atoms with Gasteiger partial charge >= 0.3 is 0 Å².